The lowest BCUT2D eigenvalue weighted by Crippen LogP contribution is -2.55. The van der Waals surface area contributed by atoms with Gasteiger partial charge in [0.05, 0.1) is 7.11 Å². The van der Waals surface area contributed by atoms with Crippen molar-refractivity contribution in [2.24, 2.45) is 5.92 Å². The highest BCUT2D eigenvalue weighted by molar-refractivity contribution is 5.99. The van der Waals surface area contributed by atoms with E-state index in [0.29, 0.717) is 29.8 Å². The number of anilines is 1. The van der Waals surface area contributed by atoms with Gasteiger partial charge in [0.1, 0.15) is 29.2 Å². The maximum atomic E-state index is 14.3. The third-order valence-corrected chi connectivity index (χ3v) is 6.59. The quantitative estimate of drug-likeness (QED) is 0.260. The van der Waals surface area contributed by atoms with Crippen LogP contribution in [-0.4, -0.2) is 53.2 Å². The molecule has 0 aromatic heterocycles. The van der Waals surface area contributed by atoms with Crippen LogP contribution in [0.4, 0.5) is 10.5 Å². The van der Waals surface area contributed by atoms with Gasteiger partial charge in [0.25, 0.3) is 5.91 Å². The summed E-state index contributed by atoms with van der Waals surface area (Å²) in [6, 6.07) is 11.2. The number of nitrogens with zero attached hydrogens (tertiary/aromatic N) is 1. The number of ether oxygens (including phenoxy) is 2. The largest absolute Gasteiger partial charge is 0.508 e. The fraction of sp³-hybridized carbons (Fsp3) is 0.516. The Bertz CT molecular complexity index is 1110. The van der Waals surface area contributed by atoms with Crippen molar-refractivity contribution >= 4 is 23.6 Å². The lowest BCUT2D eigenvalue weighted by molar-refractivity contribution is -0.142. The van der Waals surface area contributed by atoms with Crippen molar-refractivity contribution in [3.63, 3.8) is 0 Å². The number of nitrogens with one attached hydrogen (secondary N) is 2. The number of rotatable bonds is 13. The van der Waals surface area contributed by atoms with Gasteiger partial charge in [-0.25, -0.2) is 4.79 Å². The van der Waals surface area contributed by atoms with Gasteiger partial charge < -0.3 is 30.1 Å². The predicted octanol–water partition coefficient (Wildman–Crippen LogP) is 6.04. The molecule has 3 amide bonds. The molecule has 220 valence electrons. The lowest BCUT2D eigenvalue weighted by atomic mass is 9.95. The molecule has 3 unspecified atom stereocenters. The van der Waals surface area contributed by atoms with Gasteiger partial charge in [0.15, 0.2) is 0 Å². The highest BCUT2D eigenvalue weighted by atomic mass is 16.6. The molecule has 0 aliphatic rings. The van der Waals surface area contributed by atoms with Gasteiger partial charge in [0.2, 0.25) is 5.91 Å². The average Bonchev–Trinajstić information content (AvgIpc) is 2.90. The van der Waals surface area contributed by atoms with E-state index in [1.54, 1.807) is 70.3 Å². The molecular weight excluding hydrogens is 510 g/mol. The summed E-state index contributed by atoms with van der Waals surface area (Å²) >= 11 is 0. The first-order valence-corrected chi connectivity index (χ1v) is 13.9. The molecule has 0 saturated heterocycles. The maximum absolute atomic E-state index is 14.3. The number of methoxy groups -OCH3 is 1. The molecule has 0 bridgehead atoms. The minimum atomic E-state index is -1.15. The molecule has 0 aliphatic heterocycles. The van der Waals surface area contributed by atoms with E-state index in [1.165, 1.54) is 11.0 Å². The summed E-state index contributed by atoms with van der Waals surface area (Å²) in [6.07, 6.45) is 2.29. The van der Waals surface area contributed by atoms with E-state index in [4.69, 9.17) is 9.47 Å². The topological polar surface area (TPSA) is 117 Å². The van der Waals surface area contributed by atoms with E-state index < -0.39 is 35.6 Å². The van der Waals surface area contributed by atoms with Gasteiger partial charge >= 0.3 is 6.09 Å². The van der Waals surface area contributed by atoms with E-state index in [1.807, 2.05) is 13.8 Å². The molecule has 40 heavy (non-hydrogen) atoms. The zero-order valence-corrected chi connectivity index (χ0v) is 24.8. The Hall–Kier alpha value is -3.75. The number of hydrogen-bond acceptors (Lipinski definition) is 6. The van der Waals surface area contributed by atoms with Crippen molar-refractivity contribution in [1.29, 1.82) is 0 Å². The first kappa shape index (κ1) is 32.5. The first-order valence-electron chi connectivity index (χ1n) is 13.9. The van der Waals surface area contributed by atoms with Crippen molar-refractivity contribution in [2.75, 3.05) is 19.0 Å². The summed E-state index contributed by atoms with van der Waals surface area (Å²) in [5.74, 6) is -0.628. The molecule has 2 rings (SSSR count). The second kappa shape index (κ2) is 15.1. The molecular formula is C31H45N3O6. The molecule has 3 atom stereocenters. The van der Waals surface area contributed by atoms with Crippen LogP contribution in [0.15, 0.2) is 48.5 Å². The molecule has 3 N–H and O–H groups in total. The van der Waals surface area contributed by atoms with Crippen LogP contribution in [0.5, 0.6) is 11.5 Å². The highest BCUT2D eigenvalue weighted by Gasteiger charge is 2.38. The molecule has 0 fully saturated rings. The van der Waals surface area contributed by atoms with Crippen molar-refractivity contribution in [3.8, 4) is 11.5 Å². The van der Waals surface area contributed by atoms with E-state index >= 15 is 0 Å². The van der Waals surface area contributed by atoms with Crippen LogP contribution in [0.1, 0.15) is 78.8 Å². The average molecular weight is 556 g/mol. The number of phenolic OH excluding ortho intramolecular Hbond substituents is 1. The van der Waals surface area contributed by atoms with E-state index in [-0.39, 0.29) is 18.2 Å². The zero-order chi connectivity index (χ0) is 29.9. The van der Waals surface area contributed by atoms with Gasteiger partial charge in [-0.15, -0.1) is 0 Å². The van der Waals surface area contributed by atoms with Crippen LogP contribution >= 0.6 is 0 Å². The Morgan fingerprint density at radius 2 is 1.65 bits per heavy atom. The predicted molar refractivity (Wildman–Crippen MR) is 156 cm³/mol. The number of para-hydroxylation sites is 1. The molecule has 0 spiro atoms. The van der Waals surface area contributed by atoms with Gasteiger partial charge in [0, 0.05) is 17.8 Å². The molecule has 9 heteroatoms. The summed E-state index contributed by atoms with van der Waals surface area (Å²) < 4.78 is 10.7. The molecule has 0 aliphatic carbocycles. The number of unbranched alkanes of at least 4 members (excludes halogenated alkanes) is 2. The summed E-state index contributed by atoms with van der Waals surface area (Å²) in [7, 11) is 1.56. The monoisotopic (exact) mass is 555 g/mol. The molecule has 2 aromatic rings. The van der Waals surface area contributed by atoms with Crippen LogP contribution < -0.4 is 15.4 Å². The minimum absolute atomic E-state index is 0.106. The number of carbonyl (C=O) groups excluding carboxylic acids is 3. The van der Waals surface area contributed by atoms with Crippen LogP contribution in [0, 0.1) is 5.92 Å². The van der Waals surface area contributed by atoms with E-state index in [0.717, 1.165) is 12.8 Å². The van der Waals surface area contributed by atoms with Gasteiger partial charge in [-0.2, -0.15) is 0 Å². The Balaban J connectivity index is 2.55. The van der Waals surface area contributed by atoms with E-state index in [9.17, 15) is 19.5 Å². The normalized spacial score (nSPS) is 13.5. The molecule has 0 heterocycles. The Morgan fingerprint density at radius 3 is 2.20 bits per heavy atom. The van der Waals surface area contributed by atoms with Gasteiger partial charge in [-0.1, -0.05) is 58.2 Å². The first-order chi connectivity index (χ1) is 18.9. The highest BCUT2D eigenvalue weighted by Crippen LogP contribution is 2.32. The van der Waals surface area contributed by atoms with Crippen molar-refractivity contribution in [2.45, 2.75) is 84.9 Å². The summed E-state index contributed by atoms with van der Waals surface area (Å²) in [5.41, 5.74) is 0.0564. The number of aromatic hydroxyl groups is 1. The lowest BCUT2D eigenvalue weighted by Gasteiger charge is -2.36. The second-order valence-corrected chi connectivity index (χ2v) is 10.9. The van der Waals surface area contributed by atoms with Crippen molar-refractivity contribution < 1.29 is 29.0 Å². The number of alkyl carbamates (subject to hydrolysis) is 1. The third-order valence-electron chi connectivity index (χ3n) is 6.59. The third kappa shape index (κ3) is 9.47. The Kier molecular flexibility index (Phi) is 12.3. The maximum Gasteiger partial charge on any atom is 0.408 e. The van der Waals surface area contributed by atoms with Crippen molar-refractivity contribution in [3.05, 3.63) is 54.1 Å². The fourth-order valence-electron chi connectivity index (χ4n) is 4.25. The van der Waals surface area contributed by atoms with Crippen LogP contribution in [0.3, 0.4) is 0 Å². The number of carbonyl (C=O) groups is 3. The molecule has 2 aromatic carbocycles. The molecule has 0 saturated carbocycles. The smallest absolute Gasteiger partial charge is 0.408 e. The minimum Gasteiger partial charge on any atom is -0.508 e. The van der Waals surface area contributed by atoms with Crippen LogP contribution in [0.25, 0.3) is 0 Å². The van der Waals surface area contributed by atoms with Crippen LogP contribution in [0.2, 0.25) is 0 Å². The summed E-state index contributed by atoms with van der Waals surface area (Å²) in [5, 5.41) is 16.5. The van der Waals surface area contributed by atoms with E-state index in [2.05, 4.69) is 17.6 Å². The second-order valence-electron chi connectivity index (χ2n) is 10.9. The SMILES string of the molecule is CCCCCN(C(=O)C(NC(=O)OC(C)(C)C)C(C)CC)C(C(=O)Nc1ccc(OC)cc1)c1ccccc1O. The Labute approximate surface area is 238 Å². The summed E-state index contributed by atoms with van der Waals surface area (Å²) in [6.45, 7) is 11.4. The standard InChI is InChI=1S/C31H45N3O6/c1-8-10-13-20-34(29(37)26(21(3)9-2)33-30(38)40-31(4,5)6)27(24-14-11-12-15-25(24)35)28(36)32-22-16-18-23(39-7)19-17-22/h11-12,14-19,21,26-27,35H,8-10,13,20H2,1-7H3,(H,32,36)(H,33,38). The Morgan fingerprint density at radius 1 is 1.00 bits per heavy atom. The fourth-order valence-corrected chi connectivity index (χ4v) is 4.25. The number of amides is 3. The van der Waals surface area contributed by atoms with Crippen molar-refractivity contribution in [1.82, 2.24) is 10.2 Å². The molecule has 0 radical (unpaired) electrons. The van der Waals surface area contributed by atoms with Gasteiger partial charge in [-0.3, -0.25) is 9.59 Å². The molecule has 9 nitrogen and oxygen atoms in total. The van der Waals surface area contributed by atoms with Crippen LogP contribution in [-0.2, 0) is 14.3 Å². The summed E-state index contributed by atoms with van der Waals surface area (Å²) in [4.78, 5) is 42.4. The van der Waals surface area contributed by atoms with Gasteiger partial charge in [-0.05, 0) is 63.4 Å². The number of phenols is 1. The zero-order valence-electron chi connectivity index (χ0n) is 24.8. The number of hydrogen-bond donors (Lipinski definition) is 3. The number of benzene rings is 2.